The molecule has 0 saturated heterocycles. The lowest BCUT2D eigenvalue weighted by Crippen LogP contribution is -2.50. The molecule has 0 fully saturated rings. The summed E-state index contributed by atoms with van der Waals surface area (Å²) in [6.45, 7) is 3.77. The van der Waals surface area contributed by atoms with Gasteiger partial charge in [0.2, 0.25) is 0 Å². The summed E-state index contributed by atoms with van der Waals surface area (Å²) >= 11 is 0. The van der Waals surface area contributed by atoms with Gasteiger partial charge in [-0.1, -0.05) is 12.1 Å². The van der Waals surface area contributed by atoms with E-state index in [1.807, 2.05) is 24.3 Å². The lowest BCUT2D eigenvalue weighted by molar-refractivity contribution is 0.271. The van der Waals surface area contributed by atoms with Crippen LogP contribution >= 0.6 is 0 Å². The highest BCUT2D eigenvalue weighted by molar-refractivity contribution is 6.85. The first-order chi connectivity index (χ1) is 7.22. The maximum absolute atomic E-state index is 5.45. The van der Waals surface area contributed by atoms with Crippen LogP contribution in [0, 0.1) is 0 Å². The van der Waals surface area contributed by atoms with E-state index >= 15 is 0 Å². The molecule has 15 heavy (non-hydrogen) atoms. The van der Waals surface area contributed by atoms with E-state index in [4.69, 9.17) is 13.6 Å². The second-order valence-corrected chi connectivity index (χ2v) is 6.15. The van der Waals surface area contributed by atoms with Gasteiger partial charge in [0.05, 0.1) is 7.11 Å². The molecule has 0 bridgehead atoms. The lowest BCUT2D eigenvalue weighted by Gasteiger charge is -2.23. The Labute approximate surface area is 91.5 Å². The third-order valence-electron chi connectivity index (χ3n) is 2.37. The molecule has 0 spiro atoms. The molecule has 4 heteroatoms. The number of ether oxygens (including phenoxy) is 1. The Bertz CT molecular complexity index is 317. The van der Waals surface area contributed by atoms with Crippen molar-refractivity contribution in [1.82, 2.24) is 0 Å². The summed E-state index contributed by atoms with van der Waals surface area (Å²) in [4.78, 5) is 0. The van der Waals surface area contributed by atoms with Gasteiger partial charge in [-0.15, -0.1) is 6.58 Å². The van der Waals surface area contributed by atoms with E-state index < -0.39 is 8.56 Å². The number of hydrogen-bond acceptors (Lipinski definition) is 3. The number of methoxy groups -OCH3 is 1. The molecule has 0 aromatic heterocycles. The van der Waals surface area contributed by atoms with Gasteiger partial charge in [0.15, 0.2) is 0 Å². The fourth-order valence-corrected chi connectivity index (χ4v) is 3.27. The second-order valence-electron chi connectivity index (χ2n) is 3.01. The maximum Gasteiger partial charge on any atom is 0.398 e. The van der Waals surface area contributed by atoms with E-state index in [-0.39, 0.29) is 0 Å². The molecule has 0 amide bonds. The summed E-state index contributed by atoms with van der Waals surface area (Å²) in [7, 11) is 2.50. The summed E-state index contributed by atoms with van der Waals surface area (Å²) in [6, 6.07) is 7.66. The molecule has 82 valence electrons. The van der Waals surface area contributed by atoms with Crippen molar-refractivity contribution >= 4 is 13.7 Å². The first-order valence-electron chi connectivity index (χ1n) is 4.61. The molecule has 1 aromatic rings. The van der Waals surface area contributed by atoms with Gasteiger partial charge in [-0.2, -0.15) is 0 Å². The fourth-order valence-electron chi connectivity index (χ4n) is 1.43. The zero-order valence-electron chi connectivity index (χ0n) is 9.32. The molecular formula is C11H16O3Si. The normalized spacial score (nSPS) is 11.1. The molecule has 0 atom stereocenters. The monoisotopic (exact) mass is 224 g/mol. The molecule has 1 rings (SSSR count). The minimum absolute atomic E-state index is 0.818. The van der Waals surface area contributed by atoms with Crippen molar-refractivity contribution in [2.45, 2.75) is 0 Å². The maximum atomic E-state index is 5.45. The zero-order chi connectivity index (χ0) is 11.3. The van der Waals surface area contributed by atoms with Gasteiger partial charge in [-0.3, -0.25) is 0 Å². The lowest BCUT2D eigenvalue weighted by atomic mass is 10.3. The molecule has 0 saturated carbocycles. The van der Waals surface area contributed by atoms with Crippen molar-refractivity contribution < 1.29 is 13.6 Å². The van der Waals surface area contributed by atoms with E-state index in [1.165, 1.54) is 0 Å². The van der Waals surface area contributed by atoms with Gasteiger partial charge in [0.1, 0.15) is 5.75 Å². The molecule has 0 aliphatic heterocycles. The average Bonchev–Trinajstić information content (AvgIpc) is 2.33. The van der Waals surface area contributed by atoms with E-state index in [2.05, 4.69) is 6.58 Å². The van der Waals surface area contributed by atoms with E-state index in [1.54, 1.807) is 27.0 Å². The Balaban J connectivity index is 3.06. The quantitative estimate of drug-likeness (QED) is 0.707. The zero-order valence-corrected chi connectivity index (χ0v) is 10.3. The van der Waals surface area contributed by atoms with Crippen LogP contribution in [0.3, 0.4) is 0 Å². The van der Waals surface area contributed by atoms with Crippen LogP contribution < -0.4 is 9.92 Å². The fraction of sp³-hybridized carbons (Fsp3) is 0.273. The minimum Gasteiger partial charge on any atom is -0.497 e. The summed E-state index contributed by atoms with van der Waals surface area (Å²) in [5.74, 6) is 0.818. The molecule has 0 unspecified atom stereocenters. The SMILES string of the molecule is C=C[Si](OC)(OC)c1ccc(OC)cc1. The molecule has 1 aromatic carbocycles. The van der Waals surface area contributed by atoms with E-state index in [0.717, 1.165) is 10.9 Å². The summed E-state index contributed by atoms with van der Waals surface area (Å²) in [5, 5.41) is 1.02. The topological polar surface area (TPSA) is 27.7 Å². The molecule has 0 radical (unpaired) electrons. The Morgan fingerprint density at radius 3 is 1.93 bits per heavy atom. The minimum atomic E-state index is -2.42. The summed E-state index contributed by atoms with van der Waals surface area (Å²) in [5.41, 5.74) is 1.76. The largest absolute Gasteiger partial charge is 0.497 e. The van der Waals surface area contributed by atoms with Crippen molar-refractivity contribution in [3.8, 4) is 5.75 Å². The Morgan fingerprint density at radius 2 is 1.60 bits per heavy atom. The van der Waals surface area contributed by atoms with E-state index in [0.29, 0.717) is 0 Å². The first kappa shape index (κ1) is 12.0. The highest BCUT2D eigenvalue weighted by Gasteiger charge is 2.34. The van der Waals surface area contributed by atoms with Crippen molar-refractivity contribution in [2.24, 2.45) is 0 Å². The van der Waals surface area contributed by atoms with Crippen LogP contribution in [0.2, 0.25) is 0 Å². The van der Waals surface area contributed by atoms with Crippen molar-refractivity contribution in [3.05, 3.63) is 36.5 Å². The van der Waals surface area contributed by atoms with Gasteiger partial charge in [-0.25, -0.2) is 0 Å². The smallest absolute Gasteiger partial charge is 0.398 e. The van der Waals surface area contributed by atoms with Gasteiger partial charge in [0, 0.05) is 14.2 Å². The van der Waals surface area contributed by atoms with Crippen LogP contribution in [-0.2, 0) is 8.85 Å². The summed E-state index contributed by atoms with van der Waals surface area (Å²) in [6.07, 6.45) is 0. The van der Waals surface area contributed by atoms with Crippen molar-refractivity contribution in [1.29, 1.82) is 0 Å². The van der Waals surface area contributed by atoms with Gasteiger partial charge < -0.3 is 13.6 Å². The van der Waals surface area contributed by atoms with Crippen LogP contribution in [-0.4, -0.2) is 29.9 Å². The predicted molar refractivity (Wildman–Crippen MR) is 62.6 cm³/mol. The first-order valence-corrected chi connectivity index (χ1v) is 6.50. The molecular weight excluding hydrogens is 208 g/mol. The molecule has 0 aliphatic carbocycles. The van der Waals surface area contributed by atoms with Crippen molar-refractivity contribution in [2.75, 3.05) is 21.3 Å². The standard InChI is InChI=1S/C11H16O3Si/c1-5-15(13-3,14-4)11-8-6-10(12-2)7-9-11/h5-9H,1H2,2-4H3. The number of hydrogen-bond donors (Lipinski definition) is 0. The van der Waals surface area contributed by atoms with E-state index in [9.17, 15) is 0 Å². The Morgan fingerprint density at radius 1 is 1.07 bits per heavy atom. The average molecular weight is 224 g/mol. The predicted octanol–water partition coefficient (Wildman–Crippen LogP) is 1.36. The third-order valence-corrected chi connectivity index (χ3v) is 5.26. The van der Waals surface area contributed by atoms with Gasteiger partial charge >= 0.3 is 8.56 Å². The Kier molecular flexibility index (Phi) is 4.08. The van der Waals surface area contributed by atoms with Crippen LogP contribution in [0.25, 0.3) is 0 Å². The second kappa shape index (κ2) is 5.11. The third kappa shape index (κ3) is 2.28. The van der Waals surface area contributed by atoms with Crippen LogP contribution in [0.4, 0.5) is 0 Å². The van der Waals surface area contributed by atoms with Crippen LogP contribution in [0.15, 0.2) is 36.5 Å². The number of rotatable bonds is 5. The van der Waals surface area contributed by atoms with Crippen LogP contribution in [0.5, 0.6) is 5.75 Å². The van der Waals surface area contributed by atoms with Gasteiger partial charge in [-0.05, 0) is 23.0 Å². The molecule has 3 nitrogen and oxygen atoms in total. The molecule has 0 aliphatic rings. The van der Waals surface area contributed by atoms with Gasteiger partial charge in [0.25, 0.3) is 0 Å². The summed E-state index contributed by atoms with van der Waals surface area (Å²) < 4.78 is 16.0. The molecule has 0 N–H and O–H groups in total. The van der Waals surface area contributed by atoms with Crippen molar-refractivity contribution in [3.63, 3.8) is 0 Å². The highest BCUT2D eigenvalue weighted by atomic mass is 28.4. The highest BCUT2D eigenvalue weighted by Crippen LogP contribution is 2.11. The Hall–Kier alpha value is -1.10. The number of benzene rings is 1. The van der Waals surface area contributed by atoms with Crippen LogP contribution in [0.1, 0.15) is 0 Å². The molecule has 0 heterocycles.